The lowest BCUT2D eigenvalue weighted by Crippen LogP contribution is -1.89. The standard InChI is InChI=1S/C9H16/c1-3-5-6-9(4-2)7-8-9/h5-6H,3-4,7-8H2,1-2H3. The van der Waals surface area contributed by atoms with Crippen molar-refractivity contribution < 1.29 is 0 Å². The first kappa shape index (κ1) is 6.85. The Morgan fingerprint density at radius 3 is 2.33 bits per heavy atom. The average molecular weight is 124 g/mol. The Bertz CT molecular complexity index is 107. The molecule has 52 valence electrons. The zero-order valence-corrected chi connectivity index (χ0v) is 6.48. The van der Waals surface area contributed by atoms with Crippen LogP contribution >= 0.6 is 0 Å². The topological polar surface area (TPSA) is 0 Å². The smallest absolute Gasteiger partial charge is 0.0120 e. The van der Waals surface area contributed by atoms with Gasteiger partial charge in [-0.2, -0.15) is 0 Å². The monoisotopic (exact) mass is 124 g/mol. The molecule has 0 amide bonds. The van der Waals surface area contributed by atoms with Crippen molar-refractivity contribution in [1.29, 1.82) is 0 Å². The summed E-state index contributed by atoms with van der Waals surface area (Å²) in [4.78, 5) is 0. The first-order valence-corrected chi connectivity index (χ1v) is 4.01. The quantitative estimate of drug-likeness (QED) is 0.507. The molecule has 0 nitrogen and oxygen atoms in total. The summed E-state index contributed by atoms with van der Waals surface area (Å²) in [5.74, 6) is 0. The third-order valence-corrected chi connectivity index (χ3v) is 2.30. The van der Waals surface area contributed by atoms with Crippen LogP contribution in [0.15, 0.2) is 12.2 Å². The molecule has 0 bridgehead atoms. The zero-order valence-electron chi connectivity index (χ0n) is 6.48. The Hall–Kier alpha value is -0.260. The van der Waals surface area contributed by atoms with E-state index in [-0.39, 0.29) is 0 Å². The van der Waals surface area contributed by atoms with Gasteiger partial charge in [0.25, 0.3) is 0 Å². The Labute approximate surface area is 58.0 Å². The highest BCUT2D eigenvalue weighted by atomic mass is 14.4. The second-order valence-electron chi connectivity index (χ2n) is 3.03. The fourth-order valence-corrected chi connectivity index (χ4v) is 1.17. The highest BCUT2D eigenvalue weighted by molar-refractivity contribution is 5.08. The summed E-state index contributed by atoms with van der Waals surface area (Å²) in [7, 11) is 0. The molecule has 1 aliphatic rings. The molecule has 0 aromatic heterocycles. The van der Waals surface area contributed by atoms with E-state index in [9.17, 15) is 0 Å². The molecule has 0 spiro atoms. The van der Waals surface area contributed by atoms with Gasteiger partial charge in [0.1, 0.15) is 0 Å². The van der Waals surface area contributed by atoms with Gasteiger partial charge >= 0.3 is 0 Å². The van der Waals surface area contributed by atoms with Crippen molar-refractivity contribution in [2.24, 2.45) is 5.41 Å². The van der Waals surface area contributed by atoms with Gasteiger partial charge in [-0.15, -0.1) is 0 Å². The largest absolute Gasteiger partial charge is 0.0883 e. The molecule has 0 aromatic carbocycles. The van der Waals surface area contributed by atoms with Crippen LogP contribution in [0.4, 0.5) is 0 Å². The molecule has 1 rings (SSSR count). The maximum absolute atomic E-state index is 2.41. The molecule has 1 fully saturated rings. The lowest BCUT2D eigenvalue weighted by molar-refractivity contribution is 0.623. The molecule has 0 aromatic rings. The van der Waals surface area contributed by atoms with Gasteiger partial charge in [-0.3, -0.25) is 0 Å². The third-order valence-electron chi connectivity index (χ3n) is 2.30. The van der Waals surface area contributed by atoms with Crippen molar-refractivity contribution in [2.75, 3.05) is 0 Å². The van der Waals surface area contributed by atoms with E-state index in [1.54, 1.807) is 0 Å². The van der Waals surface area contributed by atoms with Crippen LogP contribution in [0, 0.1) is 5.41 Å². The fourth-order valence-electron chi connectivity index (χ4n) is 1.17. The van der Waals surface area contributed by atoms with Gasteiger partial charge in [0, 0.05) is 0 Å². The molecule has 1 aliphatic carbocycles. The second-order valence-corrected chi connectivity index (χ2v) is 3.03. The molecule has 0 atom stereocenters. The molecular weight excluding hydrogens is 108 g/mol. The van der Waals surface area contributed by atoms with Crippen LogP contribution in [0.3, 0.4) is 0 Å². The molecule has 0 heterocycles. The van der Waals surface area contributed by atoms with Gasteiger partial charge in [0.15, 0.2) is 0 Å². The summed E-state index contributed by atoms with van der Waals surface area (Å²) in [6, 6.07) is 0. The molecule has 0 saturated heterocycles. The second kappa shape index (κ2) is 2.55. The minimum Gasteiger partial charge on any atom is -0.0883 e. The van der Waals surface area contributed by atoms with Gasteiger partial charge < -0.3 is 0 Å². The van der Waals surface area contributed by atoms with E-state index in [0.29, 0.717) is 5.41 Å². The van der Waals surface area contributed by atoms with Crippen molar-refractivity contribution in [2.45, 2.75) is 39.5 Å². The summed E-state index contributed by atoms with van der Waals surface area (Å²) in [6.07, 6.45) is 10.1. The van der Waals surface area contributed by atoms with Crippen LogP contribution < -0.4 is 0 Å². The highest BCUT2D eigenvalue weighted by Crippen LogP contribution is 2.49. The van der Waals surface area contributed by atoms with E-state index in [4.69, 9.17) is 0 Å². The SMILES string of the molecule is CCC=CC1(CC)CC1. The molecular formula is C9H16. The van der Waals surface area contributed by atoms with Crippen LogP contribution in [0.1, 0.15) is 39.5 Å². The number of rotatable bonds is 3. The zero-order chi connectivity index (χ0) is 6.74. The maximum Gasteiger partial charge on any atom is -0.0120 e. The first-order valence-electron chi connectivity index (χ1n) is 4.01. The average Bonchev–Trinajstić information content (AvgIpc) is 2.65. The van der Waals surface area contributed by atoms with Crippen molar-refractivity contribution in [3.63, 3.8) is 0 Å². The molecule has 0 heteroatoms. The van der Waals surface area contributed by atoms with Gasteiger partial charge in [0.05, 0.1) is 0 Å². The molecule has 0 aliphatic heterocycles. The normalized spacial score (nSPS) is 22.9. The predicted octanol–water partition coefficient (Wildman–Crippen LogP) is 3.14. The van der Waals surface area contributed by atoms with E-state index < -0.39 is 0 Å². The van der Waals surface area contributed by atoms with E-state index in [1.807, 2.05) is 0 Å². The van der Waals surface area contributed by atoms with Gasteiger partial charge in [-0.1, -0.05) is 26.0 Å². The van der Waals surface area contributed by atoms with Crippen molar-refractivity contribution >= 4 is 0 Å². The van der Waals surface area contributed by atoms with Gasteiger partial charge in [-0.25, -0.2) is 0 Å². The number of hydrogen-bond donors (Lipinski definition) is 0. The highest BCUT2D eigenvalue weighted by Gasteiger charge is 2.37. The first-order chi connectivity index (χ1) is 4.33. The summed E-state index contributed by atoms with van der Waals surface area (Å²) in [5.41, 5.74) is 0.663. The molecule has 0 N–H and O–H groups in total. The van der Waals surface area contributed by atoms with E-state index >= 15 is 0 Å². The Morgan fingerprint density at radius 2 is 2.00 bits per heavy atom. The van der Waals surface area contributed by atoms with Crippen molar-refractivity contribution in [3.8, 4) is 0 Å². The van der Waals surface area contributed by atoms with E-state index in [1.165, 1.54) is 25.7 Å². The Morgan fingerprint density at radius 1 is 1.33 bits per heavy atom. The van der Waals surface area contributed by atoms with Crippen LogP contribution in [0.5, 0.6) is 0 Å². The Kier molecular flexibility index (Phi) is 1.94. The molecule has 1 saturated carbocycles. The van der Waals surface area contributed by atoms with Crippen LogP contribution in [0.2, 0.25) is 0 Å². The van der Waals surface area contributed by atoms with Crippen LogP contribution in [-0.2, 0) is 0 Å². The van der Waals surface area contributed by atoms with Gasteiger partial charge in [0.2, 0.25) is 0 Å². The molecule has 9 heavy (non-hydrogen) atoms. The number of hydrogen-bond acceptors (Lipinski definition) is 0. The lowest BCUT2D eigenvalue weighted by Gasteiger charge is -2.02. The summed E-state index contributed by atoms with van der Waals surface area (Å²) in [5, 5.41) is 0. The predicted molar refractivity (Wildman–Crippen MR) is 41.4 cm³/mol. The van der Waals surface area contributed by atoms with Crippen molar-refractivity contribution in [3.05, 3.63) is 12.2 Å². The van der Waals surface area contributed by atoms with E-state index in [2.05, 4.69) is 26.0 Å². The van der Waals surface area contributed by atoms with Crippen LogP contribution in [0.25, 0.3) is 0 Å². The summed E-state index contributed by atoms with van der Waals surface area (Å²) < 4.78 is 0. The Balaban J connectivity index is 2.33. The number of allylic oxidation sites excluding steroid dienone is 2. The minimum absolute atomic E-state index is 0.663. The van der Waals surface area contributed by atoms with Crippen LogP contribution in [-0.4, -0.2) is 0 Å². The minimum atomic E-state index is 0.663. The maximum atomic E-state index is 2.41. The third kappa shape index (κ3) is 1.57. The molecule has 0 radical (unpaired) electrons. The van der Waals surface area contributed by atoms with Crippen molar-refractivity contribution in [1.82, 2.24) is 0 Å². The van der Waals surface area contributed by atoms with E-state index in [0.717, 1.165) is 0 Å². The fraction of sp³-hybridized carbons (Fsp3) is 0.778. The summed E-state index contributed by atoms with van der Waals surface area (Å²) >= 11 is 0. The molecule has 0 unspecified atom stereocenters. The summed E-state index contributed by atoms with van der Waals surface area (Å²) in [6.45, 7) is 4.48. The van der Waals surface area contributed by atoms with Gasteiger partial charge in [-0.05, 0) is 31.1 Å². The lowest BCUT2D eigenvalue weighted by atomic mass is 10.0.